The van der Waals surface area contributed by atoms with Gasteiger partial charge in [-0.3, -0.25) is 14.6 Å². The lowest BCUT2D eigenvalue weighted by atomic mass is 10.0. The molecule has 2 saturated heterocycles. The Morgan fingerprint density at radius 1 is 1.30 bits per heavy atom. The molecule has 2 fully saturated rings. The molecule has 2 aromatic carbocycles. The number of terminal acetylenes is 1. The molecule has 1 unspecified atom stereocenters. The minimum Gasteiger partial charge on any atom is -0.508 e. The number of carbonyl (C=O) groups is 2. The number of carbonyl (C=O) groups excluding carboxylic acids is 2. The smallest absolute Gasteiger partial charge is 0.420 e. The molecule has 3 aromatic rings. The Bertz CT molecular complexity index is 1760. The normalized spacial score (nSPS) is 21.7. The molecule has 240 valence electrons. The van der Waals surface area contributed by atoms with Gasteiger partial charge in [-0.1, -0.05) is 18.6 Å². The van der Waals surface area contributed by atoms with Crippen molar-refractivity contribution in [2.45, 2.75) is 57.2 Å². The maximum Gasteiger partial charge on any atom is 0.420 e. The number of phenolic OH excluding ortho intramolecular Hbond substituents is 1. The van der Waals surface area contributed by atoms with E-state index in [9.17, 15) is 19.1 Å². The minimum absolute atomic E-state index is 0.0374. The number of nitrogens with zero attached hydrogens (tertiary/aromatic N) is 5. The zero-order chi connectivity index (χ0) is 32.6. The van der Waals surface area contributed by atoms with E-state index in [1.54, 1.807) is 0 Å². The number of benzene rings is 2. The van der Waals surface area contributed by atoms with Crippen molar-refractivity contribution in [2.24, 2.45) is 0 Å². The summed E-state index contributed by atoms with van der Waals surface area (Å²) in [7, 11) is 2.06. The summed E-state index contributed by atoms with van der Waals surface area (Å²) in [4.78, 5) is 40.9. The molecule has 3 aliphatic heterocycles. The molecule has 0 spiro atoms. The molecule has 2 atom stereocenters. The van der Waals surface area contributed by atoms with Crippen LogP contribution < -0.4 is 24.6 Å². The number of nitrogens with one attached hydrogen (secondary N) is 1. The second kappa shape index (κ2) is 12.5. The maximum absolute atomic E-state index is 14.8. The quantitative estimate of drug-likeness (QED) is 0.288. The average Bonchev–Trinajstić information content (AvgIpc) is 3.21. The van der Waals surface area contributed by atoms with Crippen LogP contribution in [-0.2, 0) is 11.3 Å². The third-order valence-corrected chi connectivity index (χ3v) is 9.23. The highest BCUT2D eigenvalue weighted by Gasteiger charge is 2.37. The van der Waals surface area contributed by atoms with Gasteiger partial charge in [0, 0.05) is 30.6 Å². The number of anilines is 2. The van der Waals surface area contributed by atoms with Crippen LogP contribution in [-0.4, -0.2) is 76.8 Å². The molecule has 2 amide bonds. The summed E-state index contributed by atoms with van der Waals surface area (Å²) in [6, 6.07) is 5.47. The van der Waals surface area contributed by atoms with Gasteiger partial charge in [0.1, 0.15) is 23.9 Å². The minimum atomic E-state index is -0.767. The van der Waals surface area contributed by atoms with Gasteiger partial charge in [0.05, 0.1) is 23.3 Å². The predicted octanol–water partition coefficient (Wildman–Crippen LogP) is 4.50. The fourth-order valence-electron chi connectivity index (χ4n) is 6.52. The van der Waals surface area contributed by atoms with E-state index in [1.165, 1.54) is 35.2 Å². The van der Waals surface area contributed by atoms with E-state index in [2.05, 4.69) is 36.7 Å². The monoisotopic (exact) mass is 628 g/mol. The molecule has 2 N–H and O–H groups in total. The lowest BCUT2D eigenvalue weighted by Crippen LogP contribution is -2.44. The van der Waals surface area contributed by atoms with Crippen molar-refractivity contribution >= 4 is 34.3 Å². The first-order chi connectivity index (χ1) is 22.1. The second-order valence-electron chi connectivity index (χ2n) is 12.4. The van der Waals surface area contributed by atoms with Crippen LogP contribution in [0.4, 0.5) is 20.7 Å². The second-order valence-corrected chi connectivity index (χ2v) is 12.4. The molecule has 11 nitrogen and oxygen atoms in total. The number of aromatic nitrogens is 2. The van der Waals surface area contributed by atoms with Gasteiger partial charge in [0.2, 0.25) is 5.91 Å². The van der Waals surface area contributed by atoms with Crippen molar-refractivity contribution in [3.8, 4) is 29.9 Å². The van der Waals surface area contributed by atoms with Gasteiger partial charge in [-0.05, 0) is 76.2 Å². The summed E-state index contributed by atoms with van der Waals surface area (Å²) in [6.45, 7) is 7.96. The number of halogens is 1. The topological polar surface area (TPSA) is 120 Å². The van der Waals surface area contributed by atoms with Crippen LogP contribution in [0.1, 0.15) is 50.3 Å². The van der Waals surface area contributed by atoms with Crippen molar-refractivity contribution in [1.29, 1.82) is 0 Å². The lowest BCUT2D eigenvalue weighted by molar-refractivity contribution is -0.117. The van der Waals surface area contributed by atoms with Crippen LogP contribution >= 0.6 is 0 Å². The molecule has 4 heterocycles. The van der Waals surface area contributed by atoms with Crippen molar-refractivity contribution in [2.75, 3.05) is 43.1 Å². The number of likely N-dealkylation sites (tertiary alicyclic amines) is 1. The first kappa shape index (κ1) is 31.1. The summed E-state index contributed by atoms with van der Waals surface area (Å²) >= 11 is 0. The number of hydrogen-bond acceptors (Lipinski definition) is 9. The third kappa shape index (κ3) is 5.90. The van der Waals surface area contributed by atoms with Crippen LogP contribution in [0.25, 0.3) is 10.8 Å². The van der Waals surface area contributed by atoms with E-state index in [0.29, 0.717) is 36.6 Å². The zero-order valence-corrected chi connectivity index (χ0v) is 26.0. The number of likely N-dealkylation sites (N-methyl/N-ethyl adjacent to an activating group) is 1. The van der Waals surface area contributed by atoms with E-state index in [-0.39, 0.29) is 58.2 Å². The lowest BCUT2D eigenvalue weighted by Gasteiger charge is -2.34. The highest BCUT2D eigenvalue weighted by molar-refractivity contribution is 6.06. The molecule has 0 radical (unpaired) electrons. The predicted molar refractivity (Wildman–Crippen MR) is 172 cm³/mol. The summed E-state index contributed by atoms with van der Waals surface area (Å²) in [5.74, 6) is 1.92. The third-order valence-electron chi connectivity index (χ3n) is 9.23. The van der Waals surface area contributed by atoms with Crippen LogP contribution in [0, 0.1) is 18.2 Å². The Labute approximate surface area is 267 Å². The van der Waals surface area contributed by atoms with Crippen molar-refractivity contribution in [3.05, 3.63) is 54.0 Å². The summed E-state index contributed by atoms with van der Waals surface area (Å²) in [5, 5.41) is 14.3. The highest BCUT2D eigenvalue weighted by atomic mass is 19.1. The Morgan fingerprint density at radius 3 is 2.87 bits per heavy atom. The number of ether oxygens (including phenoxy) is 2. The fraction of sp³-hybridized carbons (Fsp3) is 0.412. The van der Waals surface area contributed by atoms with E-state index in [0.717, 1.165) is 38.6 Å². The van der Waals surface area contributed by atoms with Gasteiger partial charge in [-0.2, -0.15) is 9.97 Å². The Hall–Kier alpha value is -4.89. The molecular weight excluding hydrogens is 591 g/mol. The van der Waals surface area contributed by atoms with E-state index in [1.807, 2.05) is 4.90 Å². The van der Waals surface area contributed by atoms with Crippen LogP contribution in [0.3, 0.4) is 0 Å². The zero-order valence-electron chi connectivity index (χ0n) is 26.0. The highest BCUT2D eigenvalue weighted by Crippen LogP contribution is 2.42. The SMILES string of the molecule is C#Cc1c(F)ccc2cc(O)cc(N3Cc4nc(OC[C@]5(C)CCCN5C)nc(N5CCCCC(NC(=O)C=C)C5)c4OC3=O)c12. The Balaban J connectivity index is 1.42. The number of amides is 2. The van der Waals surface area contributed by atoms with Crippen molar-refractivity contribution < 1.29 is 28.6 Å². The van der Waals surface area contributed by atoms with Crippen LogP contribution in [0.5, 0.6) is 17.5 Å². The molecule has 0 saturated carbocycles. The number of hydrogen-bond donors (Lipinski definition) is 2. The van der Waals surface area contributed by atoms with Gasteiger partial charge < -0.3 is 24.8 Å². The van der Waals surface area contributed by atoms with Crippen molar-refractivity contribution in [1.82, 2.24) is 20.2 Å². The standard InChI is InChI=1S/C34H37FN6O5/c1-5-24-25(35)12-11-21-16-23(42)17-27(29(21)24)41-19-26-30(46-33(41)44)31(40-15-8-7-10-22(18-40)36-28(43)6-2)38-32(37-26)45-20-34(3)13-9-14-39(34)4/h1,6,11-12,16-17,22,42H,2,7-10,13-15,18-20H2,3-4H3,(H,36,43)/t22?,34-/m0/s1. The van der Waals surface area contributed by atoms with Gasteiger partial charge >= 0.3 is 12.1 Å². The summed E-state index contributed by atoms with van der Waals surface area (Å²) < 4.78 is 27.0. The molecule has 46 heavy (non-hydrogen) atoms. The molecule has 0 bridgehead atoms. The van der Waals surface area contributed by atoms with Crippen molar-refractivity contribution in [3.63, 3.8) is 0 Å². The number of rotatable bonds is 7. The molecule has 0 aliphatic carbocycles. The number of aromatic hydroxyl groups is 1. The number of fused-ring (bicyclic) bond motifs is 2. The summed E-state index contributed by atoms with van der Waals surface area (Å²) in [5.41, 5.74) is 0.319. The number of phenols is 1. The summed E-state index contributed by atoms with van der Waals surface area (Å²) in [6.07, 6.45) is 10.7. The first-order valence-electron chi connectivity index (χ1n) is 15.4. The molecule has 6 rings (SSSR count). The van der Waals surface area contributed by atoms with Crippen LogP contribution in [0.2, 0.25) is 0 Å². The van der Waals surface area contributed by atoms with E-state index in [4.69, 9.17) is 25.9 Å². The van der Waals surface area contributed by atoms with Crippen LogP contribution in [0.15, 0.2) is 36.9 Å². The fourth-order valence-corrected chi connectivity index (χ4v) is 6.52. The largest absolute Gasteiger partial charge is 0.508 e. The van der Waals surface area contributed by atoms with E-state index >= 15 is 0 Å². The molecular formula is C34H37FN6O5. The molecule has 3 aliphatic rings. The van der Waals surface area contributed by atoms with Gasteiger partial charge in [0.25, 0.3) is 0 Å². The maximum atomic E-state index is 14.8. The Morgan fingerprint density at radius 2 is 2.13 bits per heavy atom. The van der Waals surface area contributed by atoms with Gasteiger partial charge in [-0.25, -0.2) is 9.18 Å². The van der Waals surface area contributed by atoms with E-state index < -0.39 is 11.9 Å². The first-order valence-corrected chi connectivity index (χ1v) is 15.4. The molecule has 12 heteroatoms. The van der Waals surface area contributed by atoms with Gasteiger partial charge in [-0.15, -0.1) is 6.42 Å². The molecule has 1 aromatic heterocycles. The Kier molecular flexibility index (Phi) is 8.44. The van der Waals surface area contributed by atoms with Gasteiger partial charge in [0.15, 0.2) is 11.6 Å². The average molecular weight is 629 g/mol.